The van der Waals surface area contributed by atoms with E-state index in [1.54, 1.807) is 6.26 Å². The molecule has 0 unspecified atom stereocenters. The van der Waals surface area contributed by atoms with Gasteiger partial charge in [0.05, 0.1) is 18.2 Å². The van der Waals surface area contributed by atoms with Gasteiger partial charge in [-0.05, 0) is 24.8 Å². The molecule has 0 radical (unpaired) electrons. The van der Waals surface area contributed by atoms with Gasteiger partial charge in [0.25, 0.3) is 5.91 Å². The molecule has 1 aromatic rings. The number of halogens is 3. The lowest BCUT2D eigenvalue weighted by molar-refractivity contribution is -0.137. The highest BCUT2D eigenvalue weighted by Crippen LogP contribution is 2.38. The second-order valence-corrected chi connectivity index (χ2v) is 5.58. The molecule has 8 heteroatoms. The zero-order valence-electron chi connectivity index (χ0n) is 11.5. The van der Waals surface area contributed by atoms with E-state index < -0.39 is 17.6 Å². The van der Waals surface area contributed by atoms with E-state index in [1.807, 2.05) is 0 Å². The molecule has 1 amide bonds. The van der Waals surface area contributed by atoms with Crippen molar-refractivity contribution in [1.29, 1.82) is 0 Å². The fraction of sp³-hybridized carbons (Fsp3) is 0.462. The molecule has 0 aromatic heterocycles. The molecular weight excluding hydrogens is 305 g/mol. The lowest BCUT2D eigenvalue weighted by atomic mass is 10.1. The van der Waals surface area contributed by atoms with Gasteiger partial charge < -0.3 is 15.8 Å². The Hall–Kier alpha value is -1.41. The van der Waals surface area contributed by atoms with Gasteiger partial charge in [-0.2, -0.15) is 13.2 Å². The Morgan fingerprint density at radius 3 is 2.52 bits per heavy atom. The van der Waals surface area contributed by atoms with E-state index in [9.17, 15) is 18.0 Å². The number of amides is 1. The van der Waals surface area contributed by atoms with Crippen LogP contribution in [-0.4, -0.2) is 31.4 Å². The van der Waals surface area contributed by atoms with Crippen LogP contribution in [0, 0.1) is 0 Å². The number of benzene rings is 1. The number of carbonyl (C=O) groups excluding carboxylic acids is 1. The summed E-state index contributed by atoms with van der Waals surface area (Å²) >= 11 is 1.06. The highest BCUT2D eigenvalue weighted by Gasteiger charge is 2.37. The molecular formula is C13H15F3N2O2S. The second-order valence-electron chi connectivity index (χ2n) is 4.73. The molecule has 1 fully saturated rings. The molecule has 3 N–H and O–H groups in total. The molecule has 0 saturated heterocycles. The third-order valence-electron chi connectivity index (χ3n) is 3.22. The van der Waals surface area contributed by atoms with Crippen LogP contribution in [-0.2, 0) is 6.18 Å². The van der Waals surface area contributed by atoms with E-state index in [2.05, 4.69) is 5.32 Å². The lowest BCUT2D eigenvalue weighted by Gasteiger charge is -2.16. The van der Waals surface area contributed by atoms with Crippen molar-refractivity contribution in [2.75, 3.05) is 13.4 Å². The van der Waals surface area contributed by atoms with Crippen LogP contribution >= 0.6 is 11.8 Å². The summed E-state index contributed by atoms with van der Waals surface area (Å²) < 4.78 is 43.5. The maximum atomic E-state index is 12.8. The van der Waals surface area contributed by atoms with E-state index in [-0.39, 0.29) is 28.3 Å². The minimum atomic E-state index is -4.49. The normalized spacial score (nSPS) is 21.0. The Labute approximate surface area is 124 Å². The maximum Gasteiger partial charge on any atom is 0.416 e. The molecule has 0 heterocycles. The third kappa shape index (κ3) is 3.44. The Bertz CT molecular complexity index is 538. The fourth-order valence-corrected chi connectivity index (χ4v) is 2.56. The number of rotatable bonds is 4. The number of hydrogen-bond donors (Lipinski definition) is 2. The highest BCUT2D eigenvalue weighted by molar-refractivity contribution is 7.98. The molecule has 2 atom stereocenters. The van der Waals surface area contributed by atoms with Crippen molar-refractivity contribution >= 4 is 17.7 Å². The van der Waals surface area contributed by atoms with Gasteiger partial charge in [-0.1, -0.05) is 0 Å². The number of methoxy groups -OCH3 is 1. The topological polar surface area (TPSA) is 64.3 Å². The number of alkyl halides is 3. The summed E-state index contributed by atoms with van der Waals surface area (Å²) in [6.07, 6.45) is -2.22. The Kier molecular flexibility index (Phi) is 4.38. The molecule has 1 aromatic carbocycles. The second kappa shape index (κ2) is 5.76. The number of nitrogens with one attached hydrogen (secondary N) is 1. The maximum absolute atomic E-state index is 12.8. The van der Waals surface area contributed by atoms with Crippen LogP contribution in [0.5, 0.6) is 5.75 Å². The van der Waals surface area contributed by atoms with Crippen molar-refractivity contribution in [3.05, 3.63) is 23.3 Å². The first-order valence-corrected chi connectivity index (χ1v) is 7.40. The first-order chi connectivity index (χ1) is 9.77. The average molecular weight is 320 g/mol. The third-order valence-corrected chi connectivity index (χ3v) is 3.98. The van der Waals surface area contributed by atoms with Gasteiger partial charge in [0, 0.05) is 17.0 Å². The average Bonchev–Trinajstić information content (AvgIpc) is 3.11. The predicted molar refractivity (Wildman–Crippen MR) is 73.6 cm³/mol. The monoisotopic (exact) mass is 320 g/mol. The smallest absolute Gasteiger partial charge is 0.416 e. The quantitative estimate of drug-likeness (QED) is 0.835. The number of nitrogens with two attached hydrogens (primary N) is 1. The molecule has 0 bridgehead atoms. The Balaban J connectivity index is 2.41. The van der Waals surface area contributed by atoms with Crippen LogP contribution in [0.3, 0.4) is 0 Å². The largest absolute Gasteiger partial charge is 0.496 e. The van der Waals surface area contributed by atoms with Crippen LogP contribution in [0.25, 0.3) is 0 Å². The summed E-state index contributed by atoms with van der Waals surface area (Å²) in [6.45, 7) is 0. The molecule has 21 heavy (non-hydrogen) atoms. The molecule has 0 spiro atoms. The fourth-order valence-electron chi connectivity index (χ4n) is 1.92. The molecule has 1 saturated carbocycles. The highest BCUT2D eigenvalue weighted by atomic mass is 32.2. The molecule has 2 rings (SSSR count). The van der Waals surface area contributed by atoms with E-state index >= 15 is 0 Å². The molecule has 116 valence electrons. The van der Waals surface area contributed by atoms with Crippen molar-refractivity contribution < 1.29 is 22.7 Å². The SMILES string of the molecule is COc1cc(C(F)(F)F)cc(SC)c1C(=O)N[C@@H]1C[C@H]1N. The summed E-state index contributed by atoms with van der Waals surface area (Å²) in [5, 5.41) is 2.69. The van der Waals surface area contributed by atoms with E-state index in [1.165, 1.54) is 7.11 Å². The minimum absolute atomic E-state index is 0.0906. The first-order valence-electron chi connectivity index (χ1n) is 6.17. The van der Waals surface area contributed by atoms with Crippen LogP contribution in [0.4, 0.5) is 13.2 Å². The van der Waals surface area contributed by atoms with Crippen molar-refractivity contribution in [1.82, 2.24) is 5.32 Å². The summed E-state index contributed by atoms with van der Waals surface area (Å²) in [7, 11) is 1.24. The number of carbonyl (C=O) groups is 1. The van der Waals surface area contributed by atoms with E-state index in [4.69, 9.17) is 10.5 Å². The van der Waals surface area contributed by atoms with Gasteiger partial charge in [-0.25, -0.2) is 0 Å². The number of hydrogen-bond acceptors (Lipinski definition) is 4. The molecule has 1 aliphatic rings. The van der Waals surface area contributed by atoms with Crippen molar-refractivity contribution in [3.8, 4) is 5.75 Å². The van der Waals surface area contributed by atoms with Gasteiger partial charge in [0.1, 0.15) is 5.75 Å². The van der Waals surface area contributed by atoms with Crippen LogP contribution in [0.15, 0.2) is 17.0 Å². The van der Waals surface area contributed by atoms with Gasteiger partial charge in [-0.15, -0.1) is 11.8 Å². The molecule has 4 nitrogen and oxygen atoms in total. The van der Waals surface area contributed by atoms with Crippen LogP contribution in [0.1, 0.15) is 22.3 Å². The van der Waals surface area contributed by atoms with Gasteiger partial charge in [-0.3, -0.25) is 4.79 Å². The zero-order chi connectivity index (χ0) is 15.8. The Morgan fingerprint density at radius 2 is 2.10 bits per heavy atom. The van der Waals surface area contributed by atoms with E-state index in [0.29, 0.717) is 6.42 Å². The van der Waals surface area contributed by atoms with Gasteiger partial charge in [0.15, 0.2) is 0 Å². The lowest BCUT2D eigenvalue weighted by Crippen LogP contribution is -2.30. The predicted octanol–water partition coefficient (Wildman–Crippen LogP) is 2.27. The summed E-state index contributed by atoms with van der Waals surface area (Å²) in [5.41, 5.74) is 4.88. The van der Waals surface area contributed by atoms with Gasteiger partial charge in [0.2, 0.25) is 0 Å². The van der Waals surface area contributed by atoms with Crippen LogP contribution in [0.2, 0.25) is 0 Å². The van der Waals surface area contributed by atoms with Crippen molar-refractivity contribution in [2.24, 2.45) is 5.73 Å². The number of ether oxygens (including phenoxy) is 1. The summed E-state index contributed by atoms with van der Waals surface area (Å²) in [4.78, 5) is 12.4. The molecule has 0 aliphatic heterocycles. The first kappa shape index (κ1) is 16.0. The summed E-state index contributed by atoms with van der Waals surface area (Å²) in [6, 6.07) is 1.57. The Morgan fingerprint density at radius 1 is 1.48 bits per heavy atom. The minimum Gasteiger partial charge on any atom is -0.496 e. The molecule has 1 aliphatic carbocycles. The van der Waals surface area contributed by atoms with Crippen LogP contribution < -0.4 is 15.8 Å². The zero-order valence-corrected chi connectivity index (χ0v) is 12.3. The van der Waals surface area contributed by atoms with Crippen molar-refractivity contribution in [3.63, 3.8) is 0 Å². The van der Waals surface area contributed by atoms with Crippen molar-refractivity contribution in [2.45, 2.75) is 29.6 Å². The number of thioether (sulfide) groups is 1. The van der Waals surface area contributed by atoms with E-state index in [0.717, 1.165) is 23.9 Å². The summed E-state index contributed by atoms with van der Waals surface area (Å²) in [5.74, 6) is -0.566. The standard InChI is InChI=1S/C13H15F3N2O2S/c1-20-9-3-6(13(14,15)16)4-10(21-2)11(9)12(19)18-8-5-7(8)17/h3-4,7-8H,5,17H2,1-2H3,(H,18,19)/t7-,8-/m1/s1. The van der Waals surface area contributed by atoms with Gasteiger partial charge >= 0.3 is 6.18 Å².